The van der Waals surface area contributed by atoms with Crippen molar-refractivity contribution in [1.82, 2.24) is 4.98 Å². The Morgan fingerprint density at radius 1 is 1.14 bits per heavy atom. The molecule has 0 aliphatic carbocycles. The third kappa shape index (κ3) is 4.81. The summed E-state index contributed by atoms with van der Waals surface area (Å²) in [5.74, 6) is 0.263. The number of carbonyl (C=O) groups excluding carboxylic acids is 1. The van der Waals surface area contributed by atoms with Gasteiger partial charge in [0, 0.05) is 18.8 Å². The molecule has 1 amide bonds. The lowest BCUT2D eigenvalue weighted by atomic mass is 10.2. The molecular weight excluding hydrogens is 374 g/mol. The molecule has 5 nitrogen and oxygen atoms in total. The van der Waals surface area contributed by atoms with Gasteiger partial charge in [0.1, 0.15) is 11.4 Å². The molecule has 0 bridgehead atoms. The maximum Gasteiger partial charge on any atom is 0.274 e. The summed E-state index contributed by atoms with van der Waals surface area (Å²) in [6, 6.07) is 19.0. The highest BCUT2D eigenvalue weighted by atomic mass is 35.5. The minimum Gasteiger partial charge on any atom is -0.495 e. The normalized spacial score (nSPS) is 10.4. The van der Waals surface area contributed by atoms with E-state index < -0.39 is 0 Å². The van der Waals surface area contributed by atoms with Crippen LogP contribution in [0, 0.1) is 0 Å². The summed E-state index contributed by atoms with van der Waals surface area (Å²) in [7, 11) is 1.54. The fourth-order valence-corrected chi connectivity index (χ4v) is 3.09. The van der Waals surface area contributed by atoms with Crippen molar-refractivity contribution in [1.29, 1.82) is 0 Å². The molecule has 0 saturated heterocycles. The molecule has 144 valence electrons. The molecule has 1 aromatic heterocycles. The molecule has 2 aromatic carbocycles. The van der Waals surface area contributed by atoms with Gasteiger partial charge in [0.2, 0.25) is 0 Å². The number of rotatable bonds is 7. The number of pyridine rings is 1. The number of nitrogens with one attached hydrogen (secondary N) is 1. The molecule has 0 atom stereocenters. The van der Waals surface area contributed by atoms with Gasteiger partial charge >= 0.3 is 0 Å². The Hall–Kier alpha value is -3.05. The molecular formula is C22H22ClN3O2. The van der Waals surface area contributed by atoms with Crippen LogP contribution in [0.1, 0.15) is 23.0 Å². The van der Waals surface area contributed by atoms with Gasteiger partial charge in [0.25, 0.3) is 5.91 Å². The van der Waals surface area contributed by atoms with E-state index in [1.807, 2.05) is 24.3 Å². The molecule has 1 heterocycles. The van der Waals surface area contributed by atoms with E-state index in [9.17, 15) is 4.79 Å². The highest BCUT2D eigenvalue weighted by Gasteiger charge is 2.11. The molecule has 0 aliphatic rings. The number of benzene rings is 2. The van der Waals surface area contributed by atoms with Gasteiger partial charge in [-0.15, -0.1) is 0 Å². The number of carbonyl (C=O) groups is 1. The summed E-state index contributed by atoms with van der Waals surface area (Å²) in [5, 5.41) is 3.23. The lowest BCUT2D eigenvalue weighted by Crippen LogP contribution is -2.22. The molecule has 0 spiro atoms. The maximum absolute atomic E-state index is 12.5. The molecule has 28 heavy (non-hydrogen) atoms. The fraction of sp³-hybridized carbons (Fsp3) is 0.182. The van der Waals surface area contributed by atoms with Gasteiger partial charge in [0.15, 0.2) is 0 Å². The molecule has 1 N–H and O–H groups in total. The van der Waals surface area contributed by atoms with Crippen LogP contribution in [-0.2, 0) is 6.54 Å². The Labute approximate surface area is 169 Å². The molecule has 0 radical (unpaired) electrons. The van der Waals surface area contributed by atoms with Crippen LogP contribution in [0.25, 0.3) is 0 Å². The topological polar surface area (TPSA) is 54.5 Å². The van der Waals surface area contributed by atoms with Gasteiger partial charge in [-0.1, -0.05) is 41.9 Å². The lowest BCUT2D eigenvalue weighted by Gasteiger charge is -2.23. The van der Waals surface area contributed by atoms with Crippen LogP contribution in [0.4, 0.5) is 11.4 Å². The van der Waals surface area contributed by atoms with Gasteiger partial charge in [-0.25, -0.2) is 4.98 Å². The number of amides is 1. The summed E-state index contributed by atoms with van der Waals surface area (Å²) in [4.78, 5) is 19.0. The van der Waals surface area contributed by atoms with Crippen molar-refractivity contribution in [3.63, 3.8) is 0 Å². The van der Waals surface area contributed by atoms with Gasteiger partial charge in [-0.3, -0.25) is 4.79 Å². The van der Waals surface area contributed by atoms with Crippen molar-refractivity contribution in [2.75, 3.05) is 23.9 Å². The number of hydrogen-bond acceptors (Lipinski definition) is 4. The SMILES string of the molecule is CCN(Cc1ccccc1)c1ccc(C(=O)Nc2ccc(OC)c(Cl)c2)nc1. The Kier molecular flexibility index (Phi) is 6.50. The van der Waals surface area contributed by atoms with Crippen molar-refractivity contribution in [2.24, 2.45) is 0 Å². The second-order valence-electron chi connectivity index (χ2n) is 6.20. The van der Waals surface area contributed by atoms with Crippen LogP contribution >= 0.6 is 11.6 Å². The summed E-state index contributed by atoms with van der Waals surface area (Å²) in [6.45, 7) is 3.72. The van der Waals surface area contributed by atoms with Gasteiger partial charge in [0.05, 0.1) is 24.0 Å². The minimum atomic E-state index is -0.293. The van der Waals surface area contributed by atoms with Crippen LogP contribution < -0.4 is 15.0 Å². The molecule has 0 unspecified atom stereocenters. The Morgan fingerprint density at radius 2 is 1.93 bits per heavy atom. The van der Waals surface area contributed by atoms with Crippen LogP contribution in [-0.4, -0.2) is 24.5 Å². The van der Waals surface area contributed by atoms with Crippen molar-refractivity contribution in [3.05, 3.63) is 83.1 Å². The molecule has 6 heteroatoms. The first-order valence-electron chi connectivity index (χ1n) is 9.00. The standard InChI is InChI=1S/C22H22ClN3O2/c1-3-26(15-16-7-5-4-6-8-16)18-10-11-20(24-14-18)22(27)25-17-9-12-21(28-2)19(23)13-17/h4-14H,3,15H2,1-2H3,(H,25,27). The average Bonchev–Trinajstić information content (AvgIpc) is 2.73. The van der Waals surface area contributed by atoms with Gasteiger partial charge < -0.3 is 15.0 Å². The highest BCUT2D eigenvalue weighted by Crippen LogP contribution is 2.27. The van der Waals surface area contributed by atoms with Crippen molar-refractivity contribution < 1.29 is 9.53 Å². The zero-order chi connectivity index (χ0) is 19.9. The third-order valence-electron chi connectivity index (χ3n) is 4.35. The first kappa shape index (κ1) is 19.7. The first-order valence-corrected chi connectivity index (χ1v) is 9.38. The number of anilines is 2. The second kappa shape index (κ2) is 9.24. The zero-order valence-corrected chi connectivity index (χ0v) is 16.6. The monoisotopic (exact) mass is 395 g/mol. The van der Waals surface area contributed by atoms with Crippen LogP contribution in [0.3, 0.4) is 0 Å². The number of halogens is 1. The predicted molar refractivity (Wildman–Crippen MR) is 113 cm³/mol. The summed E-state index contributed by atoms with van der Waals surface area (Å²) in [6.07, 6.45) is 1.72. The molecule has 3 rings (SSSR count). The van der Waals surface area contributed by atoms with Crippen LogP contribution in [0.15, 0.2) is 66.9 Å². The van der Waals surface area contributed by atoms with E-state index in [-0.39, 0.29) is 5.91 Å². The molecule has 0 fully saturated rings. The summed E-state index contributed by atoms with van der Waals surface area (Å²) >= 11 is 6.10. The molecule has 3 aromatic rings. The van der Waals surface area contributed by atoms with E-state index in [2.05, 4.69) is 34.3 Å². The van der Waals surface area contributed by atoms with Crippen LogP contribution in [0.5, 0.6) is 5.75 Å². The molecule has 0 saturated carbocycles. The number of hydrogen-bond donors (Lipinski definition) is 1. The van der Waals surface area contributed by atoms with E-state index >= 15 is 0 Å². The fourth-order valence-electron chi connectivity index (χ4n) is 2.84. The second-order valence-corrected chi connectivity index (χ2v) is 6.61. The van der Waals surface area contributed by atoms with Crippen molar-refractivity contribution >= 4 is 28.9 Å². The van der Waals surface area contributed by atoms with E-state index in [4.69, 9.17) is 16.3 Å². The number of aromatic nitrogens is 1. The number of nitrogens with zero attached hydrogens (tertiary/aromatic N) is 2. The summed E-state index contributed by atoms with van der Waals surface area (Å²) < 4.78 is 5.12. The lowest BCUT2D eigenvalue weighted by molar-refractivity contribution is 0.102. The van der Waals surface area contributed by atoms with Crippen molar-refractivity contribution in [2.45, 2.75) is 13.5 Å². The van der Waals surface area contributed by atoms with Crippen LogP contribution in [0.2, 0.25) is 5.02 Å². The smallest absolute Gasteiger partial charge is 0.274 e. The van der Waals surface area contributed by atoms with Gasteiger partial charge in [-0.2, -0.15) is 0 Å². The first-order chi connectivity index (χ1) is 13.6. The van der Waals surface area contributed by atoms with Crippen molar-refractivity contribution in [3.8, 4) is 5.75 Å². The average molecular weight is 396 g/mol. The predicted octanol–water partition coefficient (Wildman–Crippen LogP) is 5.02. The highest BCUT2D eigenvalue weighted by molar-refractivity contribution is 6.32. The Balaban J connectivity index is 1.69. The molecule has 0 aliphatic heterocycles. The third-order valence-corrected chi connectivity index (χ3v) is 4.65. The summed E-state index contributed by atoms with van der Waals surface area (Å²) in [5.41, 5.74) is 3.12. The van der Waals surface area contributed by atoms with E-state index in [1.54, 1.807) is 37.6 Å². The van der Waals surface area contributed by atoms with E-state index in [0.717, 1.165) is 18.8 Å². The zero-order valence-electron chi connectivity index (χ0n) is 15.9. The largest absolute Gasteiger partial charge is 0.495 e. The van der Waals surface area contributed by atoms with E-state index in [0.29, 0.717) is 22.2 Å². The quantitative estimate of drug-likeness (QED) is 0.610. The number of ether oxygens (including phenoxy) is 1. The minimum absolute atomic E-state index is 0.293. The van der Waals surface area contributed by atoms with E-state index in [1.165, 1.54) is 5.56 Å². The maximum atomic E-state index is 12.5. The van der Waals surface area contributed by atoms with Gasteiger partial charge in [-0.05, 0) is 42.8 Å². The number of methoxy groups -OCH3 is 1. The Bertz CT molecular complexity index is 930. The Morgan fingerprint density at radius 3 is 2.54 bits per heavy atom.